The van der Waals surface area contributed by atoms with E-state index in [1.807, 2.05) is 0 Å². The first-order valence-electron chi connectivity index (χ1n) is 7.72. The summed E-state index contributed by atoms with van der Waals surface area (Å²) in [6, 6.07) is 4.37. The highest BCUT2D eigenvalue weighted by Crippen LogP contribution is 2.39. The molecule has 1 amide bonds. The summed E-state index contributed by atoms with van der Waals surface area (Å²) in [7, 11) is 0. The predicted octanol–water partition coefficient (Wildman–Crippen LogP) is 3.83. The second-order valence-corrected chi connectivity index (χ2v) is 7.49. The number of thioether (sulfide) groups is 1. The number of carbonyl (C=O) groups excluding carboxylic acids is 1. The largest absolute Gasteiger partial charge is 0.502 e. The summed E-state index contributed by atoms with van der Waals surface area (Å²) in [5, 5.41) is 20.9. The number of nitrogens with zero attached hydrogens (tertiary/aromatic N) is 2. The molecule has 1 aromatic rings. The van der Waals surface area contributed by atoms with E-state index in [9.17, 15) is 20.0 Å². The van der Waals surface area contributed by atoms with Crippen LogP contribution in [0.25, 0.3) is 6.08 Å². The third-order valence-electron chi connectivity index (χ3n) is 4.29. The highest BCUT2D eigenvalue weighted by Gasteiger charge is 2.37. The van der Waals surface area contributed by atoms with Gasteiger partial charge in [-0.2, -0.15) is 0 Å². The quantitative estimate of drug-likeness (QED) is 0.380. The Hall–Kier alpha value is -1.93. The molecule has 1 aliphatic heterocycles. The predicted molar refractivity (Wildman–Crippen MR) is 96.6 cm³/mol. The van der Waals surface area contributed by atoms with Crippen LogP contribution in [0.15, 0.2) is 23.1 Å². The smallest absolute Gasteiger partial charge is 0.311 e. The number of aromatic hydroxyl groups is 1. The zero-order valence-electron chi connectivity index (χ0n) is 12.8. The molecule has 1 aliphatic carbocycles. The van der Waals surface area contributed by atoms with Crippen LogP contribution >= 0.6 is 24.0 Å². The third-order valence-corrected chi connectivity index (χ3v) is 5.62. The Bertz CT molecular complexity index is 742. The first kappa shape index (κ1) is 16.9. The number of benzene rings is 1. The lowest BCUT2D eigenvalue weighted by molar-refractivity contribution is -0.385. The number of carbonyl (C=O) groups is 1. The Balaban J connectivity index is 1.89. The number of nitro groups is 1. The van der Waals surface area contributed by atoms with Gasteiger partial charge in [0.2, 0.25) is 5.75 Å². The molecule has 0 atom stereocenters. The molecule has 0 radical (unpaired) electrons. The van der Waals surface area contributed by atoms with E-state index >= 15 is 0 Å². The molecule has 1 saturated carbocycles. The average Bonchev–Trinajstić information content (AvgIpc) is 2.84. The zero-order chi connectivity index (χ0) is 17.3. The third kappa shape index (κ3) is 3.16. The summed E-state index contributed by atoms with van der Waals surface area (Å²) in [5.74, 6) is -0.617. The SMILES string of the molecule is O=C1C(=Cc2cccc([N+](=O)[O-])c2O)SC(=S)N1C1CCCCC1. The van der Waals surface area contributed by atoms with E-state index < -0.39 is 10.7 Å². The van der Waals surface area contributed by atoms with E-state index in [0.29, 0.717) is 9.23 Å². The zero-order valence-corrected chi connectivity index (χ0v) is 14.4. The summed E-state index contributed by atoms with van der Waals surface area (Å²) >= 11 is 6.53. The number of amides is 1. The maximum Gasteiger partial charge on any atom is 0.311 e. The number of para-hydroxylation sites is 1. The van der Waals surface area contributed by atoms with Gasteiger partial charge in [0.05, 0.1) is 9.83 Å². The fourth-order valence-corrected chi connectivity index (χ4v) is 4.48. The molecule has 1 N–H and O–H groups in total. The fourth-order valence-electron chi connectivity index (χ4n) is 3.09. The van der Waals surface area contributed by atoms with E-state index in [4.69, 9.17) is 12.2 Å². The van der Waals surface area contributed by atoms with Gasteiger partial charge in [-0.3, -0.25) is 19.8 Å². The van der Waals surface area contributed by atoms with Crippen molar-refractivity contribution in [3.8, 4) is 5.75 Å². The van der Waals surface area contributed by atoms with E-state index in [-0.39, 0.29) is 23.2 Å². The van der Waals surface area contributed by atoms with Crippen molar-refractivity contribution in [1.82, 2.24) is 4.90 Å². The summed E-state index contributed by atoms with van der Waals surface area (Å²) in [4.78, 5) is 25.0. The van der Waals surface area contributed by atoms with E-state index in [1.165, 1.54) is 42.5 Å². The molecule has 1 heterocycles. The maximum atomic E-state index is 12.7. The maximum absolute atomic E-state index is 12.7. The Morgan fingerprint density at radius 1 is 1.33 bits per heavy atom. The Morgan fingerprint density at radius 2 is 2.04 bits per heavy atom. The van der Waals surface area contributed by atoms with Crippen LogP contribution in [0.1, 0.15) is 37.7 Å². The molecule has 0 spiro atoms. The summed E-state index contributed by atoms with van der Waals surface area (Å²) in [6.07, 6.45) is 6.73. The van der Waals surface area contributed by atoms with Gasteiger partial charge < -0.3 is 5.11 Å². The molecule has 2 aliphatic rings. The molecular formula is C16H16N2O4S2. The number of rotatable bonds is 3. The van der Waals surface area contributed by atoms with Gasteiger partial charge in [0.25, 0.3) is 5.91 Å². The van der Waals surface area contributed by atoms with Crippen molar-refractivity contribution >= 4 is 46.0 Å². The lowest BCUT2D eigenvalue weighted by Crippen LogP contribution is -2.39. The molecule has 24 heavy (non-hydrogen) atoms. The molecule has 0 aromatic heterocycles. The highest BCUT2D eigenvalue weighted by atomic mass is 32.2. The molecule has 126 valence electrons. The molecule has 3 rings (SSSR count). The van der Waals surface area contributed by atoms with Gasteiger partial charge >= 0.3 is 5.69 Å². The van der Waals surface area contributed by atoms with Crippen molar-refractivity contribution in [3.05, 3.63) is 38.8 Å². The lowest BCUT2D eigenvalue weighted by Gasteiger charge is -2.29. The van der Waals surface area contributed by atoms with E-state index in [0.717, 1.165) is 25.7 Å². The number of phenolic OH excluding ortho intramolecular Hbond substituents is 1. The van der Waals surface area contributed by atoms with Crippen LogP contribution in [0.2, 0.25) is 0 Å². The highest BCUT2D eigenvalue weighted by molar-refractivity contribution is 8.26. The van der Waals surface area contributed by atoms with Gasteiger partial charge in [-0.05, 0) is 18.9 Å². The van der Waals surface area contributed by atoms with Gasteiger partial charge in [-0.15, -0.1) is 0 Å². The van der Waals surface area contributed by atoms with Crippen molar-refractivity contribution in [2.45, 2.75) is 38.1 Å². The van der Waals surface area contributed by atoms with Crippen LogP contribution in [0.5, 0.6) is 5.75 Å². The minimum atomic E-state index is -0.653. The number of nitro benzene ring substituents is 1. The topological polar surface area (TPSA) is 83.7 Å². The molecule has 0 unspecified atom stereocenters. The average molecular weight is 364 g/mol. The minimum Gasteiger partial charge on any atom is -0.502 e. The van der Waals surface area contributed by atoms with Crippen molar-refractivity contribution in [3.63, 3.8) is 0 Å². The minimum absolute atomic E-state index is 0.135. The molecule has 1 aromatic carbocycles. The fraction of sp³-hybridized carbons (Fsp3) is 0.375. The molecule has 2 fully saturated rings. The van der Waals surface area contributed by atoms with Gasteiger partial charge in [-0.25, -0.2) is 0 Å². The summed E-state index contributed by atoms with van der Waals surface area (Å²) in [6.45, 7) is 0. The van der Waals surface area contributed by atoms with Gasteiger partial charge in [0.15, 0.2) is 0 Å². The molecule has 8 heteroatoms. The molecule has 1 saturated heterocycles. The van der Waals surface area contributed by atoms with Crippen LogP contribution in [-0.4, -0.2) is 31.2 Å². The van der Waals surface area contributed by atoms with Crippen LogP contribution in [-0.2, 0) is 4.79 Å². The number of thiocarbonyl (C=S) groups is 1. The standard InChI is InChI=1S/C16H16N2O4S2/c19-14-10(5-4-8-12(14)18(21)22)9-13-15(20)17(16(23)24-13)11-6-2-1-3-7-11/h4-5,8-9,11,19H,1-3,6-7H2. The van der Waals surface area contributed by atoms with Crippen molar-refractivity contribution < 1.29 is 14.8 Å². The normalized spacial score (nSPS) is 20.8. The number of phenols is 1. The first-order valence-corrected chi connectivity index (χ1v) is 8.95. The molecular weight excluding hydrogens is 348 g/mol. The van der Waals surface area contributed by atoms with Gasteiger partial charge in [0, 0.05) is 17.7 Å². The van der Waals surface area contributed by atoms with Gasteiger partial charge in [0.1, 0.15) is 4.32 Å². The second kappa shape index (κ2) is 6.90. The first-order chi connectivity index (χ1) is 11.5. The molecule has 0 bridgehead atoms. The summed E-state index contributed by atoms with van der Waals surface area (Å²) < 4.78 is 0.517. The second-order valence-electron chi connectivity index (χ2n) is 5.82. The van der Waals surface area contributed by atoms with Gasteiger partial charge in [-0.1, -0.05) is 55.4 Å². The van der Waals surface area contributed by atoms with Crippen LogP contribution in [0.4, 0.5) is 5.69 Å². The monoisotopic (exact) mass is 364 g/mol. The Morgan fingerprint density at radius 3 is 2.71 bits per heavy atom. The Kier molecular flexibility index (Phi) is 4.86. The van der Waals surface area contributed by atoms with Crippen LogP contribution in [0, 0.1) is 10.1 Å². The summed E-state index contributed by atoms with van der Waals surface area (Å²) in [5.41, 5.74) is -0.139. The Labute approximate surface area is 148 Å². The van der Waals surface area contributed by atoms with Crippen LogP contribution < -0.4 is 0 Å². The lowest BCUT2D eigenvalue weighted by atomic mass is 9.94. The van der Waals surface area contributed by atoms with Crippen LogP contribution in [0.3, 0.4) is 0 Å². The number of hydrogen-bond donors (Lipinski definition) is 1. The van der Waals surface area contributed by atoms with Crippen molar-refractivity contribution in [1.29, 1.82) is 0 Å². The van der Waals surface area contributed by atoms with Crippen molar-refractivity contribution in [2.24, 2.45) is 0 Å². The number of hydrogen-bond acceptors (Lipinski definition) is 6. The van der Waals surface area contributed by atoms with E-state index in [2.05, 4.69) is 0 Å². The van der Waals surface area contributed by atoms with Crippen molar-refractivity contribution in [2.75, 3.05) is 0 Å². The molecule has 6 nitrogen and oxygen atoms in total. The van der Waals surface area contributed by atoms with E-state index in [1.54, 1.807) is 4.90 Å².